The highest BCUT2D eigenvalue weighted by Crippen LogP contribution is 2.75. The molecule has 0 N–H and O–H groups in total. The average Bonchev–Trinajstić information content (AvgIpc) is 2.80. The van der Waals surface area contributed by atoms with E-state index in [0.717, 1.165) is 25.7 Å². The maximum atomic E-state index is 14.4. The van der Waals surface area contributed by atoms with E-state index in [1.54, 1.807) is 0 Å². The lowest BCUT2D eigenvalue weighted by Crippen LogP contribution is -2.67. The number of allylic oxidation sites excluding steroid dienone is 2. The van der Waals surface area contributed by atoms with Crippen LogP contribution in [0.15, 0.2) is 11.6 Å². The van der Waals surface area contributed by atoms with Gasteiger partial charge in [-0.1, -0.05) is 47.1 Å². The first-order valence-electron chi connectivity index (χ1n) is 14.5. The lowest BCUT2D eigenvalue weighted by molar-refractivity contribution is -0.203. The topological polar surface area (TPSA) is 67.2 Å². The summed E-state index contributed by atoms with van der Waals surface area (Å²) in [5, 5.41) is 10.4. The molecule has 0 aromatic heterocycles. The van der Waals surface area contributed by atoms with E-state index in [1.807, 2.05) is 6.92 Å². The van der Waals surface area contributed by atoms with E-state index in [0.29, 0.717) is 35.4 Å². The molecule has 0 bridgehead atoms. The van der Waals surface area contributed by atoms with Gasteiger partial charge in [0.2, 0.25) is 0 Å². The van der Waals surface area contributed by atoms with Gasteiger partial charge in [0.15, 0.2) is 5.78 Å². The van der Waals surface area contributed by atoms with E-state index < -0.39 is 11.5 Å². The third kappa shape index (κ3) is 3.10. The first-order valence-corrected chi connectivity index (χ1v) is 14.5. The minimum atomic E-state index is -0.774. The zero-order valence-corrected chi connectivity index (χ0v) is 23.9. The molecule has 0 aromatic rings. The van der Waals surface area contributed by atoms with E-state index in [9.17, 15) is 14.9 Å². The fourth-order valence-corrected chi connectivity index (χ4v) is 10.9. The number of fused-ring (bicyclic) bond motifs is 7. The van der Waals surface area contributed by atoms with E-state index in [1.165, 1.54) is 31.8 Å². The molecule has 5 rings (SSSR count). The van der Waals surface area contributed by atoms with Crippen molar-refractivity contribution in [1.29, 1.82) is 5.26 Å². The van der Waals surface area contributed by atoms with Gasteiger partial charge < -0.3 is 4.74 Å². The minimum absolute atomic E-state index is 0.00479. The number of nitriles is 1. The molecule has 0 radical (unpaired) electrons. The van der Waals surface area contributed by atoms with Crippen molar-refractivity contribution in [1.82, 2.24) is 0 Å². The highest BCUT2D eigenvalue weighted by Gasteiger charge is 2.71. The summed E-state index contributed by atoms with van der Waals surface area (Å²) < 4.78 is 5.72. The van der Waals surface area contributed by atoms with Crippen LogP contribution in [-0.4, -0.2) is 17.9 Å². The van der Waals surface area contributed by atoms with Crippen molar-refractivity contribution in [2.24, 2.45) is 56.7 Å². The van der Waals surface area contributed by atoms with Gasteiger partial charge in [-0.2, -0.15) is 5.26 Å². The Morgan fingerprint density at radius 2 is 1.69 bits per heavy atom. The van der Waals surface area contributed by atoms with Crippen molar-refractivity contribution in [2.45, 2.75) is 113 Å². The van der Waals surface area contributed by atoms with E-state index in [4.69, 9.17) is 4.74 Å². The molecular weight excluding hydrogens is 446 g/mol. The molecule has 5 aliphatic rings. The standard InChI is InChI=1S/C32H47NO3/c1-19-9-12-28(4)15-16-31(7)22(26(28)20(19)2)17-23(35)27-29(5)13-11-25(36-21(3)34)30(6,18-33)24(29)10-14-32(27,31)8/h17,19-20,24-27H,9-16H2,1-8H3/t19-,20+,24?,25-,26+,27-,28-,29+,30?,31-,32-/m1/s1. The highest BCUT2D eigenvalue weighted by atomic mass is 16.5. The molecule has 4 saturated carbocycles. The Hall–Kier alpha value is -1.63. The number of hydrogen-bond acceptors (Lipinski definition) is 4. The van der Waals surface area contributed by atoms with Crippen LogP contribution in [0, 0.1) is 68.0 Å². The summed E-state index contributed by atoms with van der Waals surface area (Å²) in [6.45, 7) is 18.0. The van der Waals surface area contributed by atoms with Crippen molar-refractivity contribution in [3.05, 3.63) is 11.6 Å². The van der Waals surface area contributed by atoms with Gasteiger partial charge in [0, 0.05) is 12.8 Å². The molecule has 0 amide bonds. The third-order valence-electron chi connectivity index (χ3n) is 13.3. The van der Waals surface area contributed by atoms with Gasteiger partial charge in [-0.25, -0.2) is 0 Å². The molecule has 4 nitrogen and oxygen atoms in total. The second kappa shape index (κ2) is 7.94. The summed E-state index contributed by atoms with van der Waals surface area (Å²) >= 11 is 0. The Morgan fingerprint density at radius 3 is 2.33 bits per heavy atom. The fraction of sp³-hybridized carbons (Fsp3) is 0.844. The highest BCUT2D eigenvalue weighted by molar-refractivity contribution is 5.95. The Bertz CT molecular complexity index is 1060. The quantitative estimate of drug-likeness (QED) is 0.360. The Morgan fingerprint density at radius 1 is 1.00 bits per heavy atom. The zero-order valence-electron chi connectivity index (χ0n) is 23.9. The van der Waals surface area contributed by atoms with Crippen LogP contribution in [0.3, 0.4) is 0 Å². The third-order valence-corrected chi connectivity index (χ3v) is 13.3. The predicted octanol–water partition coefficient (Wildman–Crippen LogP) is 7.28. The van der Waals surface area contributed by atoms with E-state index in [2.05, 4.69) is 53.7 Å². The number of ketones is 1. The summed E-state index contributed by atoms with van der Waals surface area (Å²) in [6, 6.07) is 2.60. The Kier molecular flexibility index (Phi) is 5.73. The molecule has 4 fully saturated rings. The number of carbonyl (C=O) groups is 2. The van der Waals surface area contributed by atoms with Gasteiger partial charge in [0.25, 0.3) is 0 Å². The van der Waals surface area contributed by atoms with Crippen LogP contribution in [0.1, 0.15) is 107 Å². The first kappa shape index (κ1) is 26.0. The number of nitrogens with zero attached hydrogens (tertiary/aromatic N) is 1. The van der Waals surface area contributed by atoms with Crippen molar-refractivity contribution in [3.63, 3.8) is 0 Å². The van der Waals surface area contributed by atoms with Crippen molar-refractivity contribution >= 4 is 11.8 Å². The van der Waals surface area contributed by atoms with Gasteiger partial charge in [0.1, 0.15) is 6.10 Å². The maximum absolute atomic E-state index is 14.4. The molecular formula is C32H47NO3. The van der Waals surface area contributed by atoms with Gasteiger partial charge in [-0.15, -0.1) is 0 Å². The lowest BCUT2D eigenvalue weighted by Gasteiger charge is -2.70. The summed E-state index contributed by atoms with van der Waals surface area (Å²) in [5.74, 6) is 1.69. The monoisotopic (exact) mass is 493 g/mol. The number of rotatable bonds is 1. The van der Waals surface area contributed by atoms with Gasteiger partial charge >= 0.3 is 5.97 Å². The molecule has 0 heterocycles. The van der Waals surface area contributed by atoms with E-state index >= 15 is 0 Å². The number of carbonyl (C=O) groups excluding carboxylic acids is 2. The van der Waals surface area contributed by atoms with Crippen LogP contribution in [0.2, 0.25) is 0 Å². The van der Waals surface area contributed by atoms with Crippen LogP contribution in [0.5, 0.6) is 0 Å². The lowest BCUT2D eigenvalue weighted by atomic mass is 9.33. The molecule has 0 saturated heterocycles. The second-order valence-electron chi connectivity index (χ2n) is 14.8. The average molecular weight is 494 g/mol. The molecule has 36 heavy (non-hydrogen) atoms. The predicted molar refractivity (Wildman–Crippen MR) is 141 cm³/mol. The Labute approximate surface area is 218 Å². The Balaban J connectivity index is 1.61. The molecule has 2 unspecified atom stereocenters. The van der Waals surface area contributed by atoms with Crippen LogP contribution in [0.25, 0.3) is 0 Å². The van der Waals surface area contributed by atoms with Crippen LogP contribution >= 0.6 is 0 Å². The number of hydrogen-bond donors (Lipinski definition) is 0. The van der Waals surface area contributed by atoms with Gasteiger partial charge in [-0.3, -0.25) is 9.59 Å². The number of esters is 1. The van der Waals surface area contributed by atoms with Crippen molar-refractivity contribution < 1.29 is 14.3 Å². The zero-order chi connectivity index (χ0) is 26.5. The molecule has 0 spiro atoms. The molecule has 0 aromatic carbocycles. The summed E-state index contributed by atoms with van der Waals surface area (Å²) in [6.07, 6.45) is 10.0. The smallest absolute Gasteiger partial charge is 0.302 e. The van der Waals surface area contributed by atoms with E-state index in [-0.39, 0.29) is 34.1 Å². The largest absolute Gasteiger partial charge is 0.461 e. The summed E-state index contributed by atoms with van der Waals surface area (Å²) in [7, 11) is 0. The van der Waals surface area contributed by atoms with Crippen molar-refractivity contribution in [2.75, 3.05) is 0 Å². The van der Waals surface area contributed by atoms with Gasteiger partial charge in [0.05, 0.1) is 11.5 Å². The minimum Gasteiger partial charge on any atom is -0.461 e. The molecule has 11 atom stereocenters. The summed E-state index contributed by atoms with van der Waals surface area (Å²) in [4.78, 5) is 26.3. The van der Waals surface area contributed by atoms with Crippen molar-refractivity contribution in [3.8, 4) is 6.07 Å². The fourth-order valence-electron chi connectivity index (χ4n) is 10.9. The van der Waals surface area contributed by atoms with Crippen LogP contribution in [-0.2, 0) is 14.3 Å². The molecule has 5 aliphatic carbocycles. The van der Waals surface area contributed by atoms with Crippen LogP contribution < -0.4 is 0 Å². The molecule has 198 valence electrons. The molecule has 4 heteroatoms. The summed E-state index contributed by atoms with van der Waals surface area (Å²) in [5.41, 5.74) is 0.587. The van der Waals surface area contributed by atoms with Gasteiger partial charge in [-0.05, 0) is 110 Å². The molecule has 0 aliphatic heterocycles. The first-order chi connectivity index (χ1) is 16.7. The number of ether oxygens (including phenoxy) is 1. The second-order valence-corrected chi connectivity index (χ2v) is 14.8. The SMILES string of the molecule is CC(=O)O[C@@H]1CC[C@@]2(C)C(CC[C@]3(C)[C@@H]2C(=O)C=C2[C@@H]4[C@@H](C)[C@H](C)CC[C@]4(C)CC[C@]23C)C1(C)C#N. The normalized spacial score (nSPS) is 54.1. The maximum Gasteiger partial charge on any atom is 0.302 e. The van der Waals surface area contributed by atoms with Crippen LogP contribution in [0.4, 0.5) is 0 Å².